The van der Waals surface area contributed by atoms with Gasteiger partial charge in [0, 0.05) is 10.7 Å². The van der Waals surface area contributed by atoms with Crippen molar-refractivity contribution in [2.24, 2.45) is 0 Å². The van der Waals surface area contributed by atoms with Crippen LogP contribution in [0.25, 0.3) is 0 Å². The second kappa shape index (κ2) is 5.36. The summed E-state index contributed by atoms with van der Waals surface area (Å²) in [4.78, 5) is 4.27. The van der Waals surface area contributed by atoms with Gasteiger partial charge in [-0.05, 0) is 34.5 Å². The lowest BCUT2D eigenvalue weighted by Crippen LogP contribution is -2.00. The molecule has 0 bridgehead atoms. The summed E-state index contributed by atoms with van der Waals surface area (Å²) >= 11 is 4.94. The zero-order valence-electron chi connectivity index (χ0n) is 8.77. The molecule has 0 unspecified atom stereocenters. The van der Waals surface area contributed by atoms with Crippen LogP contribution in [-0.4, -0.2) is 15.2 Å². The van der Waals surface area contributed by atoms with Gasteiger partial charge in [0.05, 0.1) is 12.2 Å². The fraction of sp³-hybridized carbons (Fsp3) is 0.300. The van der Waals surface area contributed by atoms with E-state index in [4.69, 9.17) is 0 Å². The minimum absolute atomic E-state index is 0.672. The highest BCUT2D eigenvalue weighted by Crippen LogP contribution is 2.16. The van der Waals surface area contributed by atoms with E-state index in [0.717, 1.165) is 26.7 Å². The van der Waals surface area contributed by atoms with Crippen molar-refractivity contribution in [2.75, 3.05) is 5.32 Å². The van der Waals surface area contributed by atoms with Gasteiger partial charge < -0.3 is 5.32 Å². The maximum atomic E-state index is 4.27. The van der Waals surface area contributed by atoms with Crippen LogP contribution in [0.2, 0.25) is 0 Å². The molecule has 0 radical (unpaired) electrons. The summed E-state index contributed by atoms with van der Waals surface area (Å²) < 4.78 is 0.987. The van der Waals surface area contributed by atoms with Crippen molar-refractivity contribution < 1.29 is 0 Å². The number of halogens is 1. The Kier molecular flexibility index (Phi) is 3.84. The third-order valence-corrected chi connectivity index (χ3v) is 3.47. The maximum Gasteiger partial charge on any atom is 0.205 e. The van der Waals surface area contributed by atoms with Gasteiger partial charge >= 0.3 is 0 Å². The fourth-order valence-electron chi connectivity index (χ4n) is 1.15. The maximum absolute atomic E-state index is 4.27. The number of rotatable bonds is 4. The highest BCUT2D eigenvalue weighted by molar-refractivity contribution is 9.10. The van der Waals surface area contributed by atoms with Gasteiger partial charge in [-0.3, -0.25) is 4.98 Å². The van der Waals surface area contributed by atoms with E-state index < -0.39 is 0 Å². The molecule has 1 N–H and O–H groups in total. The zero-order chi connectivity index (χ0) is 11.4. The SMILES string of the molecule is CCc1nnc(NCc2ccc(Br)cn2)s1. The molecule has 2 aromatic rings. The van der Waals surface area contributed by atoms with Crippen LogP contribution in [0.5, 0.6) is 0 Å². The van der Waals surface area contributed by atoms with Crippen molar-refractivity contribution in [3.63, 3.8) is 0 Å². The van der Waals surface area contributed by atoms with Gasteiger partial charge in [0.15, 0.2) is 0 Å². The number of nitrogens with zero attached hydrogens (tertiary/aromatic N) is 3. The van der Waals surface area contributed by atoms with Crippen LogP contribution in [0, 0.1) is 0 Å². The summed E-state index contributed by atoms with van der Waals surface area (Å²) in [5.41, 5.74) is 0.983. The van der Waals surface area contributed by atoms with E-state index in [0.29, 0.717) is 6.54 Å². The fourth-order valence-corrected chi connectivity index (χ4v) is 2.05. The number of aromatic nitrogens is 3. The van der Waals surface area contributed by atoms with Gasteiger partial charge in [-0.1, -0.05) is 18.3 Å². The standard InChI is InChI=1S/C10H11BrN4S/c1-2-9-14-15-10(16-9)13-6-8-4-3-7(11)5-12-8/h3-5H,2,6H2,1H3,(H,13,15). The monoisotopic (exact) mass is 298 g/mol. The normalized spacial score (nSPS) is 10.4. The number of nitrogens with one attached hydrogen (secondary N) is 1. The Morgan fingerprint density at radius 1 is 1.38 bits per heavy atom. The summed E-state index contributed by atoms with van der Waals surface area (Å²) in [5.74, 6) is 0. The van der Waals surface area contributed by atoms with Crippen molar-refractivity contribution >= 4 is 32.4 Å². The van der Waals surface area contributed by atoms with Crippen molar-refractivity contribution in [1.82, 2.24) is 15.2 Å². The Morgan fingerprint density at radius 3 is 2.88 bits per heavy atom. The zero-order valence-corrected chi connectivity index (χ0v) is 11.2. The van der Waals surface area contributed by atoms with Gasteiger partial charge in [-0.2, -0.15) is 0 Å². The second-order valence-corrected chi connectivity index (χ2v) is 5.15. The molecule has 0 aromatic carbocycles. The largest absolute Gasteiger partial charge is 0.354 e. The number of anilines is 1. The first kappa shape index (κ1) is 11.5. The molecule has 2 aromatic heterocycles. The Hall–Kier alpha value is -1.01. The molecule has 0 spiro atoms. The molecule has 84 valence electrons. The molecule has 0 saturated carbocycles. The van der Waals surface area contributed by atoms with E-state index in [1.54, 1.807) is 17.5 Å². The average Bonchev–Trinajstić information content (AvgIpc) is 2.76. The third-order valence-electron chi connectivity index (χ3n) is 1.98. The van der Waals surface area contributed by atoms with E-state index in [1.807, 2.05) is 12.1 Å². The molecule has 0 amide bonds. The van der Waals surface area contributed by atoms with Crippen LogP contribution in [-0.2, 0) is 13.0 Å². The number of hydrogen-bond acceptors (Lipinski definition) is 5. The van der Waals surface area contributed by atoms with E-state index in [2.05, 4.69) is 43.4 Å². The van der Waals surface area contributed by atoms with E-state index in [-0.39, 0.29) is 0 Å². The van der Waals surface area contributed by atoms with Crippen molar-refractivity contribution in [3.8, 4) is 0 Å². The molecule has 2 rings (SSSR count). The molecule has 4 nitrogen and oxygen atoms in total. The Bertz CT molecular complexity index is 454. The van der Waals surface area contributed by atoms with Crippen LogP contribution in [0.15, 0.2) is 22.8 Å². The van der Waals surface area contributed by atoms with E-state index >= 15 is 0 Å². The van der Waals surface area contributed by atoms with E-state index in [1.165, 1.54) is 0 Å². The van der Waals surface area contributed by atoms with Gasteiger partial charge in [0.1, 0.15) is 5.01 Å². The first-order valence-electron chi connectivity index (χ1n) is 4.94. The lowest BCUT2D eigenvalue weighted by atomic mass is 10.3. The average molecular weight is 299 g/mol. The quantitative estimate of drug-likeness (QED) is 0.943. The smallest absolute Gasteiger partial charge is 0.205 e. The lowest BCUT2D eigenvalue weighted by Gasteiger charge is -2.00. The molecule has 0 atom stereocenters. The highest BCUT2D eigenvalue weighted by atomic mass is 79.9. The molecular weight excluding hydrogens is 288 g/mol. The van der Waals surface area contributed by atoms with Crippen LogP contribution in [0.1, 0.15) is 17.6 Å². The number of pyridine rings is 1. The Labute approximate surface area is 106 Å². The lowest BCUT2D eigenvalue weighted by molar-refractivity contribution is 0.967. The van der Waals surface area contributed by atoms with Gasteiger partial charge in [0.2, 0.25) is 5.13 Å². The first-order valence-corrected chi connectivity index (χ1v) is 6.55. The highest BCUT2D eigenvalue weighted by Gasteiger charge is 2.01. The first-order chi connectivity index (χ1) is 7.78. The number of hydrogen-bond donors (Lipinski definition) is 1. The predicted octanol–water partition coefficient (Wildman–Crippen LogP) is 2.87. The Morgan fingerprint density at radius 2 is 2.25 bits per heavy atom. The van der Waals surface area contributed by atoms with Crippen molar-refractivity contribution in [1.29, 1.82) is 0 Å². The number of aryl methyl sites for hydroxylation is 1. The molecule has 2 heterocycles. The van der Waals surface area contributed by atoms with Crippen LogP contribution in [0.3, 0.4) is 0 Å². The minimum Gasteiger partial charge on any atom is -0.354 e. The Balaban J connectivity index is 1.94. The molecule has 0 aliphatic carbocycles. The van der Waals surface area contributed by atoms with Crippen LogP contribution in [0.4, 0.5) is 5.13 Å². The molecule has 6 heteroatoms. The second-order valence-electron chi connectivity index (χ2n) is 3.18. The summed E-state index contributed by atoms with van der Waals surface area (Å²) in [6, 6.07) is 3.94. The molecule has 0 aliphatic heterocycles. The molecule has 0 fully saturated rings. The van der Waals surface area contributed by atoms with Crippen molar-refractivity contribution in [3.05, 3.63) is 33.5 Å². The summed E-state index contributed by atoms with van der Waals surface area (Å²) in [7, 11) is 0. The topological polar surface area (TPSA) is 50.7 Å². The van der Waals surface area contributed by atoms with Crippen molar-refractivity contribution in [2.45, 2.75) is 19.9 Å². The van der Waals surface area contributed by atoms with E-state index in [9.17, 15) is 0 Å². The molecule has 0 aliphatic rings. The van der Waals surface area contributed by atoms with Gasteiger partial charge in [-0.25, -0.2) is 0 Å². The van der Waals surface area contributed by atoms with Crippen LogP contribution < -0.4 is 5.32 Å². The van der Waals surface area contributed by atoms with Crippen LogP contribution >= 0.6 is 27.3 Å². The summed E-state index contributed by atoms with van der Waals surface area (Å²) in [5, 5.41) is 13.2. The summed E-state index contributed by atoms with van der Waals surface area (Å²) in [6.07, 6.45) is 2.71. The molecular formula is C10H11BrN4S. The molecule has 0 saturated heterocycles. The van der Waals surface area contributed by atoms with Gasteiger partial charge in [-0.15, -0.1) is 10.2 Å². The minimum atomic E-state index is 0.672. The molecule has 16 heavy (non-hydrogen) atoms. The summed E-state index contributed by atoms with van der Waals surface area (Å²) in [6.45, 7) is 2.74. The predicted molar refractivity (Wildman–Crippen MR) is 68.6 cm³/mol. The van der Waals surface area contributed by atoms with Gasteiger partial charge in [0.25, 0.3) is 0 Å². The third kappa shape index (κ3) is 2.99.